The van der Waals surface area contributed by atoms with Crippen LogP contribution < -0.4 is 16.0 Å². The molecule has 0 aliphatic heterocycles. The zero-order valence-corrected chi connectivity index (χ0v) is 10.2. The van der Waals surface area contributed by atoms with Gasteiger partial charge in [-0.05, 0) is 12.1 Å². The number of nitrogens with two attached hydrogens (primary N) is 1. The summed E-state index contributed by atoms with van der Waals surface area (Å²) in [4.78, 5) is 9.11. The van der Waals surface area contributed by atoms with Crippen molar-refractivity contribution in [3.8, 4) is 0 Å². The second-order valence-corrected chi connectivity index (χ2v) is 5.06. The molecule has 0 saturated carbocycles. The molecule has 4 N–H and O–H groups in total. The van der Waals surface area contributed by atoms with Gasteiger partial charge in [0.2, 0.25) is 10.0 Å². The smallest absolute Gasteiger partial charge is 0.291 e. The van der Waals surface area contributed by atoms with E-state index in [1.807, 2.05) is 0 Å². The van der Waals surface area contributed by atoms with Gasteiger partial charge in [0, 0.05) is 6.07 Å². The number of nitro groups is 1. The minimum Gasteiger partial charge on any atom is -0.324 e. The molecular weight excluding hydrogens is 286 g/mol. The van der Waals surface area contributed by atoms with Crippen LogP contribution in [0.4, 0.5) is 20.2 Å². The fourth-order valence-corrected chi connectivity index (χ4v) is 2.38. The summed E-state index contributed by atoms with van der Waals surface area (Å²) < 4.78 is 48.8. The Balaban J connectivity index is 3.22. The second-order valence-electron chi connectivity index (χ2n) is 3.33. The minimum atomic E-state index is -4.40. The monoisotopic (exact) mass is 296 g/mol. The second kappa shape index (κ2) is 5.86. The number of halogens is 2. The Labute approximate surface area is 106 Å². The molecule has 0 atom stereocenters. The molecule has 0 amide bonds. The molecular formula is C8H10F2N4O4S. The van der Waals surface area contributed by atoms with Crippen molar-refractivity contribution in [2.75, 3.05) is 12.0 Å². The number of benzene rings is 1. The van der Waals surface area contributed by atoms with Gasteiger partial charge in [0.25, 0.3) is 12.1 Å². The standard InChI is InChI=1S/C8H10F2N4O4S/c9-8(10)4-12-19(17,18)7-2-1-5(13-11)3-6(7)14(15)16/h1-3,8,12-13H,4,11H2. The molecule has 0 aliphatic rings. The Bertz CT molecular complexity index is 578. The van der Waals surface area contributed by atoms with Crippen molar-refractivity contribution in [2.24, 2.45) is 5.84 Å². The van der Waals surface area contributed by atoms with Crippen LogP contribution in [0.15, 0.2) is 23.1 Å². The third kappa shape index (κ3) is 3.81. The van der Waals surface area contributed by atoms with Gasteiger partial charge in [0.15, 0.2) is 4.90 Å². The van der Waals surface area contributed by atoms with Gasteiger partial charge in [-0.3, -0.25) is 16.0 Å². The van der Waals surface area contributed by atoms with Crippen LogP contribution in [0.2, 0.25) is 0 Å². The Morgan fingerprint density at radius 1 is 1.42 bits per heavy atom. The Hall–Kier alpha value is -1.85. The summed E-state index contributed by atoms with van der Waals surface area (Å²) in [6.07, 6.45) is -2.90. The number of hydrazine groups is 1. The molecule has 11 heteroatoms. The highest BCUT2D eigenvalue weighted by Crippen LogP contribution is 2.26. The molecule has 1 aromatic carbocycles. The number of nitrogen functional groups attached to an aromatic ring is 1. The fourth-order valence-electron chi connectivity index (χ4n) is 1.23. The van der Waals surface area contributed by atoms with Gasteiger partial charge >= 0.3 is 0 Å². The van der Waals surface area contributed by atoms with E-state index >= 15 is 0 Å². The molecule has 0 aliphatic carbocycles. The average Bonchev–Trinajstić information content (AvgIpc) is 2.35. The number of nitro benzene ring substituents is 1. The van der Waals surface area contributed by atoms with E-state index in [4.69, 9.17) is 5.84 Å². The van der Waals surface area contributed by atoms with Crippen LogP contribution in [0.5, 0.6) is 0 Å². The molecule has 0 spiro atoms. The largest absolute Gasteiger partial charge is 0.324 e. The first kappa shape index (κ1) is 15.2. The van der Waals surface area contributed by atoms with Crippen LogP contribution in [0, 0.1) is 10.1 Å². The Kier molecular flexibility index (Phi) is 4.69. The Morgan fingerprint density at radius 3 is 2.53 bits per heavy atom. The number of sulfonamides is 1. The molecule has 0 aromatic heterocycles. The van der Waals surface area contributed by atoms with Crippen molar-refractivity contribution in [3.05, 3.63) is 28.3 Å². The summed E-state index contributed by atoms with van der Waals surface area (Å²) in [5.41, 5.74) is 1.46. The van der Waals surface area contributed by atoms with Gasteiger partial charge in [-0.25, -0.2) is 21.9 Å². The number of rotatable bonds is 6. The predicted molar refractivity (Wildman–Crippen MR) is 62.1 cm³/mol. The molecule has 0 saturated heterocycles. The van der Waals surface area contributed by atoms with Crippen molar-refractivity contribution >= 4 is 21.4 Å². The summed E-state index contributed by atoms with van der Waals surface area (Å²) >= 11 is 0. The number of alkyl halides is 2. The van der Waals surface area contributed by atoms with Gasteiger partial charge in [-0.2, -0.15) is 0 Å². The third-order valence-corrected chi connectivity index (χ3v) is 3.51. The van der Waals surface area contributed by atoms with Crippen LogP contribution in [0.25, 0.3) is 0 Å². The topological polar surface area (TPSA) is 127 Å². The summed E-state index contributed by atoms with van der Waals surface area (Å²) in [7, 11) is -4.40. The lowest BCUT2D eigenvalue weighted by Crippen LogP contribution is -2.29. The molecule has 19 heavy (non-hydrogen) atoms. The minimum absolute atomic E-state index is 0.111. The van der Waals surface area contributed by atoms with E-state index in [2.05, 4.69) is 5.43 Å². The van der Waals surface area contributed by atoms with Crippen LogP contribution in [-0.2, 0) is 10.0 Å². The van der Waals surface area contributed by atoms with Crippen molar-refractivity contribution in [1.29, 1.82) is 0 Å². The van der Waals surface area contributed by atoms with Crippen LogP contribution >= 0.6 is 0 Å². The molecule has 0 radical (unpaired) electrons. The average molecular weight is 296 g/mol. The van der Waals surface area contributed by atoms with Gasteiger partial charge in [-0.15, -0.1) is 0 Å². The number of hydrogen-bond acceptors (Lipinski definition) is 6. The predicted octanol–water partition coefficient (Wildman–Crippen LogP) is 0.424. The number of hydrogen-bond donors (Lipinski definition) is 3. The molecule has 1 aromatic rings. The molecule has 8 nitrogen and oxygen atoms in total. The van der Waals surface area contributed by atoms with Crippen LogP contribution in [0.1, 0.15) is 0 Å². The zero-order chi connectivity index (χ0) is 14.6. The molecule has 0 heterocycles. The van der Waals surface area contributed by atoms with Crippen LogP contribution in [0.3, 0.4) is 0 Å². The van der Waals surface area contributed by atoms with Gasteiger partial charge in [0.05, 0.1) is 17.2 Å². The van der Waals surface area contributed by atoms with Crippen molar-refractivity contribution in [3.63, 3.8) is 0 Å². The lowest BCUT2D eigenvalue weighted by Gasteiger charge is -2.08. The summed E-state index contributed by atoms with van der Waals surface area (Å²) in [6.45, 7) is -1.13. The molecule has 0 fully saturated rings. The fraction of sp³-hybridized carbons (Fsp3) is 0.250. The molecule has 0 unspecified atom stereocenters. The highest BCUT2D eigenvalue weighted by molar-refractivity contribution is 7.89. The maximum absolute atomic E-state index is 12.0. The lowest BCUT2D eigenvalue weighted by atomic mass is 10.3. The van der Waals surface area contributed by atoms with E-state index < -0.39 is 38.5 Å². The third-order valence-electron chi connectivity index (χ3n) is 2.04. The van der Waals surface area contributed by atoms with Gasteiger partial charge in [0.1, 0.15) is 0 Å². The van der Waals surface area contributed by atoms with E-state index in [0.29, 0.717) is 0 Å². The van der Waals surface area contributed by atoms with Crippen molar-refractivity contribution in [2.45, 2.75) is 11.3 Å². The van der Waals surface area contributed by atoms with E-state index in [9.17, 15) is 27.3 Å². The van der Waals surface area contributed by atoms with Crippen molar-refractivity contribution in [1.82, 2.24) is 4.72 Å². The maximum atomic E-state index is 12.0. The van der Waals surface area contributed by atoms with E-state index in [-0.39, 0.29) is 5.69 Å². The first-order valence-electron chi connectivity index (χ1n) is 4.81. The number of anilines is 1. The SMILES string of the molecule is NNc1ccc(S(=O)(=O)NCC(F)F)c([N+](=O)[O-])c1. The summed E-state index contributed by atoms with van der Waals surface area (Å²) in [5, 5.41) is 10.8. The highest BCUT2D eigenvalue weighted by atomic mass is 32.2. The van der Waals surface area contributed by atoms with E-state index in [1.165, 1.54) is 6.07 Å². The summed E-state index contributed by atoms with van der Waals surface area (Å²) in [6, 6.07) is 2.96. The number of nitrogens with zero attached hydrogens (tertiary/aromatic N) is 1. The maximum Gasteiger partial charge on any atom is 0.291 e. The molecule has 0 bridgehead atoms. The molecule has 1 rings (SSSR count). The summed E-state index contributed by atoms with van der Waals surface area (Å²) in [5.74, 6) is 5.04. The highest BCUT2D eigenvalue weighted by Gasteiger charge is 2.26. The van der Waals surface area contributed by atoms with E-state index in [0.717, 1.165) is 12.1 Å². The first-order valence-corrected chi connectivity index (χ1v) is 6.29. The quantitative estimate of drug-likeness (QED) is 0.396. The normalized spacial score (nSPS) is 11.6. The van der Waals surface area contributed by atoms with E-state index in [1.54, 1.807) is 4.72 Å². The van der Waals surface area contributed by atoms with Gasteiger partial charge < -0.3 is 5.43 Å². The lowest BCUT2D eigenvalue weighted by molar-refractivity contribution is -0.387. The molecule has 106 valence electrons. The first-order chi connectivity index (χ1) is 8.77. The van der Waals surface area contributed by atoms with Gasteiger partial charge in [-0.1, -0.05) is 0 Å². The van der Waals surface area contributed by atoms with Crippen LogP contribution in [-0.4, -0.2) is 26.3 Å². The Morgan fingerprint density at radius 2 is 2.05 bits per heavy atom. The van der Waals surface area contributed by atoms with Crippen molar-refractivity contribution < 1.29 is 22.1 Å². The zero-order valence-electron chi connectivity index (χ0n) is 9.34. The number of nitrogens with one attached hydrogen (secondary N) is 2.